The first-order chi connectivity index (χ1) is 8.03. The van der Waals surface area contributed by atoms with Crippen LogP contribution in [0.25, 0.3) is 0 Å². The molecular weight excluding hydrogens is 253 g/mol. The molecule has 1 nitrogen and oxygen atoms in total. The molecule has 0 saturated heterocycles. The molecule has 0 heterocycles. The second kappa shape index (κ2) is 6.87. The standard InChI is InChI=1S/C12H14ClF3O/c13-8-11(10-4-2-1-3-5-10)6-7-17-9-12(14,15)16/h1-5,11H,6-9H2. The van der Waals surface area contributed by atoms with Gasteiger partial charge in [-0.25, -0.2) is 0 Å². The minimum atomic E-state index is -4.26. The predicted octanol–water partition coefficient (Wildman–Crippen LogP) is 3.98. The van der Waals surface area contributed by atoms with E-state index in [1.165, 1.54) is 0 Å². The lowest BCUT2D eigenvalue weighted by Crippen LogP contribution is -2.18. The molecule has 0 aliphatic heterocycles. The van der Waals surface area contributed by atoms with Crippen LogP contribution >= 0.6 is 11.6 Å². The number of hydrogen-bond donors (Lipinski definition) is 0. The first-order valence-electron chi connectivity index (χ1n) is 5.28. The minimum absolute atomic E-state index is 0.0334. The van der Waals surface area contributed by atoms with Crippen LogP contribution in [0.5, 0.6) is 0 Å². The second-order valence-electron chi connectivity index (χ2n) is 3.72. The summed E-state index contributed by atoms with van der Waals surface area (Å²) in [6, 6.07) is 9.47. The molecule has 0 aliphatic carbocycles. The summed E-state index contributed by atoms with van der Waals surface area (Å²) in [7, 11) is 0. The Balaban J connectivity index is 2.34. The first-order valence-corrected chi connectivity index (χ1v) is 5.82. The number of alkyl halides is 4. The zero-order valence-corrected chi connectivity index (χ0v) is 9.97. The molecular formula is C12H14ClF3O. The Labute approximate surface area is 104 Å². The number of benzene rings is 1. The Kier molecular flexibility index (Phi) is 5.78. The van der Waals surface area contributed by atoms with E-state index in [-0.39, 0.29) is 12.5 Å². The van der Waals surface area contributed by atoms with Gasteiger partial charge in [0.15, 0.2) is 0 Å². The molecule has 0 radical (unpaired) electrons. The summed E-state index contributed by atoms with van der Waals surface area (Å²) in [5.41, 5.74) is 1.03. The smallest absolute Gasteiger partial charge is 0.372 e. The maximum atomic E-state index is 11.8. The van der Waals surface area contributed by atoms with Crippen LogP contribution in [0.15, 0.2) is 30.3 Å². The highest BCUT2D eigenvalue weighted by atomic mass is 35.5. The molecule has 0 N–H and O–H groups in total. The predicted molar refractivity (Wildman–Crippen MR) is 61.4 cm³/mol. The third-order valence-corrected chi connectivity index (χ3v) is 2.71. The highest BCUT2D eigenvalue weighted by Crippen LogP contribution is 2.21. The van der Waals surface area contributed by atoms with Crippen LogP contribution in [0.1, 0.15) is 17.9 Å². The Morgan fingerprint density at radius 2 is 1.82 bits per heavy atom. The highest BCUT2D eigenvalue weighted by molar-refractivity contribution is 6.18. The van der Waals surface area contributed by atoms with Gasteiger partial charge in [-0.15, -0.1) is 11.6 Å². The molecule has 1 atom stereocenters. The number of halogens is 4. The van der Waals surface area contributed by atoms with Gasteiger partial charge in [0.2, 0.25) is 0 Å². The molecule has 0 amide bonds. The van der Waals surface area contributed by atoms with E-state index in [9.17, 15) is 13.2 Å². The lowest BCUT2D eigenvalue weighted by molar-refractivity contribution is -0.174. The van der Waals surface area contributed by atoms with E-state index in [0.717, 1.165) is 5.56 Å². The minimum Gasteiger partial charge on any atom is -0.372 e. The fourth-order valence-electron chi connectivity index (χ4n) is 1.47. The van der Waals surface area contributed by atoms with Crippen molar-refractivity contribution in [3.05, 3.63) is 35.9 Å². The van der Waals surface area contributed by atoms with Crippen molar-refractivity contribution in [1.82, 2.24) is 0 Å². The third kappa shape index (κ3) is 5.94. The SMILES string of the molecule is FC(F)(F)COCCC(CCl)c1ccccc1. The van der Waals surface area contributed by atoms with Gasteiger partial charge in [-0.05, 0) is 17.9 Å². The van der Waals surface area contributed by atoms with Crippen LogP contribution < -0.4 is 0 Å². The Morgan fingerprint density at radius 3 is 2.35 bits per heavy atom. The van der Waals surface area contributed by atoms with Crippen LogP contribution in [0.4, 0.5) is 13.2 Å². The molecule has 5 heteroatoms. The Bertz CT molecular complexity index is 313. The summed E-state index contributed by atoms with van der Waals surface area (Å²) in [6.07, 6.45) is -3.77. The van der Waals surface area contributed by atoms with E-state index in [0.29, 0.717) is 12.3 Å². The Morgan fingerprint density at radius 1 is 1.18 bits per heavy atom. The van der Waals surface area contributed by atoms with Crippen molar-refractivity contribution in [1.29, 1.82) is 0 Å². The van der Waals surface area contributed by atoms with E-state index in [1.54, 1.807) is 0 Å². The van der Waals surface area contributed by atoms with Crippen LogP contribution in [0, 0.1) is 0 Å². The molecule has 1 aromatic rings. The van der Waals surface area contributed by atoms with Crippen molar-refractivity contribution in [3.63, 3.8) is 0 Å². The summed E-state index contributed by atoms with van der Waals surface area (Å²) in [5.74, 6) is 0.408. The van der Waals surface area contributed by atoms with Crippen LogP contribution in [-0.2, 0) is 4.74 Å². The molecule has 17 heavy (non-hydrogen) atoms. The number of hydrogen-bond acceptors (Lipinski definition) is 1. The zero-order chi connectivity index (χ0) is 12.7. The molecule has 0 spiro atoms. The van der Waals surface area contributed by atoms with Crippen molar-refractivity contribution in [2.24, 2.45) is 0 Å². The normalized spacial score (nSPS) is 13.6. The second-order valence-corrected chi connectivity index (χ2v) is 4.03. The molecule has 1 aromatic carbocycles. The van der Waals surface area contributed by atoms with E-state index in [2.05, 4.69) is 4.74 Å². The summed E-state index contributed by atoms with van der Waals surface area (Å²) < 4.78 is 40.1. The molecule has 96 valence electrons. The Hall–Kier alpha value is -0.740. The molecule has 0 aromatic heterocycles. The van der Waals surface area contributed by atoms with Gasteiger partial charge < -0.3 is 4.74 Å². The van der Waals surface area contributed by atoms with E-state index in [4.69, 9.17) is 11.6 Å². The van der Waals surface area contributed by atoms with Gasteiger partial charge in [0.1, 0.15) is 6.61 Å². The fraction of sp³-hybridized carbons (Fsp3) is 0.500. The first kappa shape index (κ1) is 14.3. The average molecular weight is 267 g/mol. The van der Waals surface area contributed by atoms with Crippen molar-refractivity contribution >= 4 is 11.6 Å². The maximum absolute atomic E-state index is 11.8. The van der Waals surface area contributed by atoms with Crippen molar-refractivity contribution < 1.29 is 17.9 Å². The maximum Gasteiger partial charge on any atom is 0.411 e. The number of rotatable bonds is 6. The third-order valence-electron chi connectivity index (χ3n) is 2.33. The molecule has 0 fully saturated rings. The van der Waals surface area contributed by atoms with Crippen LogP contribution in [-0.4, -0.2) is 25.3 Å². The lowest BCUT2D eigenvalue weighted by atomic mass is 9.98. The van der Waals surface area contributed by atoms with Gasteiger partial charge in [0.25, 0.3) is 0 Å². The lowest BCUT2D eigenvalue weighted by Gasteiger charge is -2.14. The largest absolute Gasteiger partial charge is 0.411 e. The molecule has 1 unspecified atom stereocenters. The zero-order valence-electron chi connectivity index (χ0n) is 9.21. The topological polar surface area (TPSA) is 9.23 Å². The van der Waals surface area contributed by atoms with Gasteiger partial charge >= 0.3 is 6.18 Å². The van der Waals surface area contributed by atoms with Crippen molar-refractivity contribution in [2.45, 2.75) is 18.5 Å². The van der Waals surface area contributed by atoms with Gasteiger partial charge in [-0.2, -0.15) is 13.2 Å². The molecule has 0 aliphatic rings. The molecule has 0 bridgehead atoms. The molecule has 1 rings (SSSR count). The summed E-state index contributed by atoms with van der Waals surface area (Å²) >= 11 is 5.79. The molecule has 0 saturated carbocycles. The monoisotopic (exact) mass is 266 g/mol. The number of ether oxygens (including phenoxy) is 1. The van der Waals surface area contributed by atoms with E-state index in [1.807, 2.05) is 30.3 Å². The van der Waals surface area contributed by atoms with E-state index >= 15 is 0 Å². The summed E-state index contributed by atoms with van der Waals surface area (Å²) in [4.78, 5) is 0. The summed E-state index contributed by atoms with van der Waals surface area (Å²) in [6.45, 7) is -1.14. The van der Waals surface area contributed by atoms with Crippen LogP contribution in [0.3, 0.4) is 0 Å². The van der Waals surface area contributed by atoms with Gasteiger partial charge in [0.05, 0.1) is 0 Å². The fourth-order valence-corrected chi connectivity index (χ4v) is 1.80. The van der Waals surface area contributed by atoms with Crippen molar-refractivity contribution in [2.75, 3.05) is 19.1 Å². The van der Waals surface area contributed by atoms with Crippen LogP contribution in [0.2, 0.25) is 0 Å². The van der Waals surface area contributed by atoms with Gasteiger partial charge in [0, 0.05) is 12.5 Å². The summed E-state index contributed by atoms with van der Waals surface area (Å²) in [5, 5.41) is 0. The quantitative estimate of drug-likeness (QED) is 0.559. The highest BCUT2D eigenvalue weighted by Gasteiger charge is 2.27. The average Bonchev–Trinajstić information content (AvgIpc) is 2.29. The van der Waals surface area contributed by atoms with Gasteiger partial charge in [-0.1, -0.05) is 30.3 Å². The van der Waals surface area contributed by atoms with E-state index < -0.39 is 12.8 Å². The van der Waals surface area contributed by atoms with Crippen molar-refractivity contribution in [3.8, 4) is 0 Å². The van der Waals surface area contributed by atoms with Gasteiger partial charge in [-0.3, -0.25) is 0 Å².